The van der Waals surface area contributed by atoms with Crippen molar-refractivity contribution in [2.75, 3.05) is 0 Å². The second-order valence-electron chi connectivity index (χ2n) is 6.22. The molecule has 0 aromatic heterocycles. The molecule has 166 valence electrons. The normalized spacial score (nSPS) is 13.7. The van der Waals surface area contributed by atoms with Gasteiger partial charge >= 0.3 is 21.8 Å². The van der Waals surface area contributed by atoms with Gasteiger partial charge in [0.05, 0.1) is 30.6 Å². The van der Waals surface area contributed by atoms with E-state index in [0.717, 1.165) is 12.1 Å². The lowest BCUT2D eigenvalue weighted by atomic mass is 10.2. The third kappa shape index (κ3) is 4.58. The number of rotatable bonds is 5. The zero-order valence-corrected chi connectivity index (χ0v) is 17.1. The fraction of sp³-hybridized carbons (Fsp3) is 0.100. The van der Waals surface area contributed by atoms with Gasteiger partial charge in [0.1, 0.15) is 0 Å². The summed E-state index contributed by atoms with van der Waals surface area (Å²) in [7, 11) is -9.48. The first-order chi connectivity index (χ1) is 14.4. The number of hydrogen-bond donors (Lipinski definition) is 0. The molecule has 0 aliphatic rings. The quantitative estimate of drug-likeness (QED) is 0.173. The van der Waals surface area contributed by atoms with Gasteiger partial charge in [0.25, 0.3) is 0 Å². The van der Waals surface area contributed by atoms with Crippen LogP contribution in [-0.2, 0) is 16.3 Å². The van der Waals surface area contributed by atoms with Crippen LogP contribution in [-0.4, -0.2) is 17.6 Å². The van der Waals surface area contributed by atoms with Crippen LogP contribution in [0.15, 0.2) is 99.6 Å². The van der Waals surface area contributed by atoms with Crippen LogP contribution in [0.4, 0.5) is 26.3 Å². The van der Waals surface area contributed by atoms with Crippen molar-refractivity contribution in [1.29, 1.82) is 0 Å². The molecule has 31 heavy (non-hydrogen) atoms. The van der Waals surface area contributed by atoms with E-state index in [1.807, 2.05) is 0 Å². The minimum absolute atomic E-state index is 0.0919. The van der Waals surface area contributed by atoms with E-state index in [1.165, 1.54) is 48.5 Å². The first-order valence-electron chi connectivity index (χ1n) is 8.54. The molecule has 0 fully saturated rings. The lowest BCUT2D eigenvalue weighted by molar-refractivity contribution is -0.137. The van der Waals surface area contributed by atoms with Crippen molar-refractivity contribution >= 4 is 20.4 Å². The third-order valence-corrected chi connectivity index (χ3v) is 9.32. The van der Waals surface area contributed by atoms with Gasteiger partial charge < -0.3 is 0 Å². The molecule has 0 aliphatic carbocycles. The summed E-state index contributed by atoms with van der Waals surface area (Å²) in [5.41, 5.74) is -6.70. The van der Waals surface area contributed by atoms with Crippen molar-refractivity contribution in [2.45, 2.75) is 26.4 Å². The van der Waals surface area contributed by atoms with Gasteiger partial charge in [0.15, 0.2) is 0 Å². The lowest BCUT2D eigenvalue weighted by Crippen LogP contribution is -2.30. The highest BCUT2D eigenvalue weighted by Crippen LogP contribution is 2.68. The van der Waals surface area contributed by atoms with Crippen molar-refractivity contribution in [3.05, 3.63) is 90.5 Å². The first kappa shape index (κ1) is 23.2. The second kappa shape index (κ2) is 8.21. The van der Waals surface area contributed by atoms with E-state index in [-0.39, 0.29) is 14.7 Å². The Morgan fingerprint density at radius 3 is 1.32 bits per heavy atom. The molecule has 1 N–H and O–H groups in total. The van der Waals surface area contributed by atoms with Gasteiger partial charge in [-0.2, -0.15) is 26.3 Å². The fourth-order valence-corrected chi connectivity index (χ4v) is 7.80. The van der Waals surface area contributed by atoms with E-state index < -0.39 is 37.7 Å². The molecule has 0 aliphatic heterocycles. The highest BCUT2D eigenvalue weighted by atomic mass is 32.3. The Balaban J connectivity index is 2.36. The Bertz CT molecular complexity index is 1090. The van der Waals surface area contributed by atoms with Crippen molar-refractivity contribution in [2.24, 2.45) is 0 Å². The van der Waals surface area contributed by atoms with Gasteiger partial charge in [-0.1, -0.05) is 36.4 Å². The zero-order chi connectivity index (χ0) is 22.9. The molecule has 0 spiro atoms. The van der Waals surface area contributed by atoms with Crippen LogP contribution < -0.4 is 0 Å². The Hall–Kier alpha value is -2.50. The summed E-state index contributed by atoms with van der Waals surface area (Å²) in [4.78, 5) is 0.147. The van der Waals surface area contributed by atoms with Crippen molar-refractivity contribution in [3.63, 3.8) is 0 Å². The van der Waals surface area contributed by atoms with E-state index in [2.05, 4.69) is 3.63 Å². The van der Waals surface area contributed by atoms with Crippen LogP contribution in [0.5, 0.6) is 0 Å². The largest absolute Gasteiger partial charge is 0.572 e. The second-order valence-corrected chi connectivity index (χ2v) is 10.8. The summed E-state index contributed by atoms with van der Waals surface area (Å²) < 4.78 is 107. The maximum atomic E-state index is 13.3. The number of halogens is 6. The van der Waals surface area contributed by atoms with Crippen LogP contribution in [0.3, 0.4) is 0 Å². The van der Waals surface area contributed by atoms with Crippen molar-refractivity contribution in [3.8, 4) is 0 Å². The smallest absolute Gasteiger partial charge is 0.255 e. The fourth-order valence-electron chi connectivity index (χ4n) is 2.80. The van der Waals surface area contributed by atoms with E-state index in [9.17, 15) is 34.8 Å². The SMILES string of the molecule is O=S(=O)([OH+]S(c1ccccc1)(c1ccccc1)c1ccc(C(F)(F)F)cc1)C(F)(F)F. The molecule has 0 unspecified atom stereocenters. The van der Waals surface area contributed by atoms with Gasteiger partial charge in [-0.25, -0.2) is 0 Å². The van der Waals surface area contributed by atoms with Crippen molar-refractivity contribution < 1.29 is 38.4 Å². The zero-order valence-electron chi connectivity index (χ0n) is 15.4. The van der Waals surface area contributed by atoms with Crippen LogP contribution in [0.2, 0.25) is 0 Å². The monoisotopic (exact) mass is 481 g/mol. The van der Waals surface area contributed by atoms with Crippen LogP contribution in [0, 0.1) is 0 Å². The molecule has 0 heterocycles. The highest BCUT2D eigenvalue weighted by molar-refractivity contribution is 8.32. The molecule has 0 bridgehead atoms. The minimum atomic E-state index is -6.00. The molecular weight excluding hydrogens is 466 g/mol. The lowest BCUT2D eigenvalue weighted by Gasteiger charge is -2.35. The van der Waals surface area contributed by atoms with Gasteiger partial charge in [-0.15, -0.1) is 8.42 Å². The Labute approximate surface area is 175 Å². The molecule has 3 rings (SSSR count). The molecular formula is C20H15F6O3S2+. The molecule has 0 saturated heterocycles. The van der Waals surface area contributed by atoms with Crippen LogP contribution >= 0.6 is 10.3 Å². The topological polar surface area (TPSA) is 46.9 Å². The van der Waals surface area contributed by atoms with Crippen LogP contribution in [0.25, 0.3) is 0 Å². The van der Waals surface area contributed by atoms with Gasteiger partial charge in [0, 0.05) is 0 Å². The molecule has 0 saturated carbocycles. The summed E-state index contributed by atoms with van der Waals surface area (Å²) in [5.74, 6) is 0. The standard InChI is InChI=1S/C20H14F6O3S2/c21-19(22,23)15-11-13-18(14-12-15)30(16-7-3-1-4-8-16,17-9-5-2-6-10-17)29-31(27,28)20(24,25)26/h1-14H/p+1. The predicted molar refractivity (Wildman–Crippen MR) is 104 cm³/mol. The Morgan fingerprint density at radius 2 is 0.968 bits per heavy atom. The van der Waals surface area contributed by atoms with Crippen molar-refractivity contribution in [1.82, 2.24) is 0 Å². The average Bonchev–Trinajstić information content (AvgIpc) is 2.72. The maximum Gasteiger partial charge on any atom is 0.572 e. The third-order valence-electron chi connectivity index (χ3n) is 4.19. The first-order valence-corrected chi connectivity index (χ1v) is 11.6. The maximum absolute atomic E-state index is 13.3. The van der Waals surface area contributed by atoms with E-state index in [0.29, 0.717) is 12.1 Å². The van der Waals surface area contributed by atoms with E-state index >= 15 is 0 Å². The minimum Gasteiger partial charge on any atom is -0.255 e. The summed E-state index contributed by atoms with van der Waals surface area (Å²) in [6.45, 7) is 0. The Kier molecular flexibility index (Phi) is 6.14. The number of hydrogen-bond acceptors (Lipinski definition) is 2. The van der Waals surface area contributed by atoms with Crippen LogP contribution in [0.1, 0.15) is 5.56 Å². The Morgan fingerprint density at radius 1 is 0.581 bits per heavy atom. The van der Waals surface area contributed by atoms with Gasteiger partial charge in [-0.3, -0.25) is 3.63 Å². The summed E-state index contributed by atoms with van der Waals surface area (Å²) in [6, 6.07) is 18.0. The van der Waals surface area contributed by atoms with E-state index in [4.69, 9.17) is 0 Å². The summed E-state index contributed by atoms with van der Waals surface area (Å²) in [6.07, 6.45) is -4.68. The summed E-state index contributed by atoms with van der Waals surface area (Å²) >= 11 is 0. The molecule has 0 radical (unpaired) electrons. The van der Waals surface area contributed by atoms with Gasteiger partial charge in [0.2, 0.25) is 0 Å². The highest BCUT2D eigenvalue weighted by Gasteiger charge is 2.57. The van der Waals surface area contributed by atoms with Gasteiger partial charge in [-0.05, 0) is 48.5 Å². The molecule has 0 amide bonds. The number of benzene rings is 3. The molecule has 0 atom stereocenters. The molecule has 3 nitrogen and oxygen atoms in total. The molecule has 11 heteroatoms. The molecule has 3 aromatic rings. The average molecular weight is 481 g/mol. The van der Waals surface area contributed by atoms with E-state index in [1.54, 1.807) is 12.1 Å². The summed E-state index contributed by atoms with van der Waals surface area (Å²) in [5, 5.41) is 0. The predicted octanol–water partition coefficient (Wildman–Crippen LogP) is 6.85. The molecule has 3 aromatic carbocycles. The number of alkyl halides is 6.